The van der Waals surface area contributed by atoms with Gasteiger partial charge in [-0.15, -0.1) is 0 Å². The van der Waals surface area contributed by atoms with Crippen molar-refractivity contribution in [2.45, 2.75) is 6.04 Å². The summed E-state index contributed by atoms with van der Waals surface area (Å²) in [6.07, 6.45) is 0. The molecule has 2 rings (SSSR count). The van der Waals surface area contributed by atoms with Crippen molar-refractivity contribution in [2.75, 3.05) is 0 Å². The summed E-state index contributed by atoms with van der Waals surface area (Å²) in [5.74, 6) is -1.35. The van der Waals surface area contributed by atoms with Gasteiger partial charge in [0, 0.05) is 0 Å². The van der Waals surface area contributed by atoms with Crippen LogP contribution in [0.2, 0.25) is 0 Å². The SMILES string of the molecule is N[C@H](C(=O)O)c1ccc(-c2ccc(F)cc2)cc1. The highest BCUT2D eigenvalue weighted by atomic mass is 19.1. The predicted molar refractivity (Wildman–Crippen MR) is 66.4 cm³/mol. The van der Waals surface area contributed by atoms with Gasteiger partial charge in [0.15, 0.2) is 0 Å². The lowest BCUT2D eigenvalue weighted by molar-refractivity contribution is -0.138. The molecule has 18 heavy (non-hydrogen) atoms. The zero-order valence-electron chi connectivity index (χ0n) is 9.51. The molecule has 4 heteroatoms. The Hall–Kier alpha value is -2.20. The first-order valence-electron chi connectivity index (χ1n) is 5.42. The van der Waals surface area contributed by atoms with Gasteiger partial charge in [0.05, 0.1) is 0 Å². The number of aliphatic carboxylic acids is 1. The highest BCUT2D eigenvalue weighted by Crippen LogP contribution is 2.21. The van der Waals surface area contributed by atoms with Crippen LogP contribution in [0.5, 0.6) is 0 Å². The smallest absolute Gasteiger partial charge is 0.325 e. The number of carbonyl (C=O) groups is 1. The van der Waals surface area contributed by atoms with Crippen LogP contribution in [0.25, 0.3) is 11.1 Å². The van der Waals surface area contributed by atoms with Crippen LogP contribution in [0.15, 0.2) is 48.5 Å². The molecule has 0 aromatic heterocycles. The molecule has 0 aliphatic heterocycles. The number of benzene rings is 2. The van der Waals surface area contributed by atoms with Crippen molar-refractivity contribution in [1.29, 1.82) is 0 Å². The van der Waals surface area contributed by atoms with Gasteiger partial charge < -0.3 is 10.8 Å². The van der Waals surface area contributed by atoms with Crippen molar-refractivity contribution in [3.05, 3.63) is 59.9 Å². The molecule has 0 unspecified atom stereocenters. The third kappa shape index (κ3) is 2.55. The molecule has 2 aromatic rings. The van der Waals surface area contributed by atoms with Crippen molar-refractivity contribution in [3.8, 4) is 11.1 Å². The van der Waals surface area contributed by atoms with Crippen LogP contribution in [0.3, 0.4) is 0 Å². The molecule has 0 saturated heterocycles. The maximum atomic E-state index is 12.8. The summed E-state index contributed by atoms with van der Waals surface area (Å²) in [5, 5.41) is 8.79. The van der Waals surface area contributed by atoms with Gasteiger partial charge in [0.2, 0.25) is 0 Å². The monoisotopic (exact) mass is 245 g/mol. The van der Waals surface area contributed by atoms with E-state index in [-0.39, 0.29) is 5.82 Å². The van der Waals surface area contributed by atoms with Gasteiger partial charge in [0.1, 0.15) is 11.9 Å². The van der Waals surface area contributed by atoms with Crippen LogP contribution >= 0.6 is 0 Å². The minimum atomic E-state index is -1.07. The second-order valence-corrected chi connectivity index (χ2v) is 3.94. The second kappa shape index (κ2) is 4.98. The third-order valence-electron chi connectivity index (χ3n) is 2.71. The average molecular weight is 245 g/mol. The molecule has 0 saturated carbocycles. The van der Waals surface area contributed by atoms with E-state index in [1.165, 1.54) is 12.1 Å². The molecule has 2 aromatic carbocycles. The Labute approximate surface area is 104 Å². The molecular weight excluding hydrogens is 233 g/mol. The summed E-state index contributed by atoms with van der Waals surface area (Å²) >= 11 is 0. The summed E-state index contributed by atoms with van der Waals surface area (Å²) in [6.45, 7) is 0. The minimum Gasteiger partial charge on any atom is -0.480 e. The fourth-order valence-corrected chi connectivity index (χ4v) is 1.67. The van der Waals surface area contributed by atoms with E-state index in [0.29, 0.717) is 5.56 Å². The van der Waals surface area contributed by atoms with Gasteiger partial charge in [0.25, 0.3) is 0 Å². The molecule has 92 valence electrons. The zero-order valence-corrected chi connectivity index (χ0v) is 9.51. The lowest BCUT2D eigenvalue weighted by Crippen LogP contribution is -2.20. The number of hydrogen-bond donors (Lipinski definition) is 2. The van der Waals surface area contributed by atoms with E-state index < -0.39 is 12.0 Å². The largest absolute Gasteiger partial charge is 0.480 e. The van der Waals surface area contributed by atoms with E-state index in [1.807, 2.05) is 0 Å². The molecule has 1 atom stereocenters. The van der Waals surface area contributed by atoms with Crippen molar-refractivity contribution in [1.82, 2.24) is 0 Å². The summed E-state index contributed by atoms with van der Waals surface area (Å²) in [6, 6.07) is 11.9. The Morgan fingerprint density at radius 1 is 1.00 bits per heavy atom. The molecule has 0 fully saturated rings. The van der Waals surface area contributed by atoms with Crippen molar-refractivity contribution < 1.29 is 14.3 Å². The molecular formula is C14H12FNO2. The van der Waals surface area contributed by atoms with Crippen LogP contribution < -0.4 is 5.73 Å². The van der Waals surface area contributed by atoms with Crippen LogP contribution in [0, 0.1) is 5.82 Å². The highest BCUT2D eigenvalue weighted by molar-refractivity contribution is 5.75. The van der Waals surface area contributed by atoms with Gasteiger partial charge in [-0.25, -0.2) is 4.39 Å². The first-order chi connectivity index (χ1) is 8.58. The Kier molecular flexibility index (Phi) is 3.39. The fourth-order valence-electron chi connectivity index (χ4n) is 1.67. The van der Waals surface area contributed by atoms with E-state index in [1.54, 1.807) is 36.4 Å². The topological polar surface area (TPSA) is 63.3 Å². The molecule has 0 amide bonds. The molecule has 0 heterocycles. The standard InChI is InChI=1S/C14H12FNO2/c15-12-7-5-10(6-8-12)9-1-3-11(4-2-9)13(16)14(17)18/h1-8,13H,16H2,(H,17,18)/t13-/m0/s1. The number of nitrogens with two attached hydrogens (primary N) is 1. The molecule has 0 radical (unpaired) electrons. The van der Waals surface area contributed by atoms with Gasteiger partial charge in [-0.05, 0) is 28.8 Å². The Morgan fingerprint density at radius 3 is 1.89 bits per heavy atom. The molecule has 0 aliphatic rings. The van der Waals surface area contributed by atoms with Gasteiger partial charge >= 0.3 is 5.97 Å². The molecule has 0 spiro atoms. The number of carboxylic acids is 1. The van der Waals surface area contributed by atoms with Crippen LogP contribution in [-0.2, 0) is 4.79 Å². The van der Waals surface area contributed by atoms with Gasteiger partial charge in [-0.2, -0.15) is 0 Å². The molecule has 3 N–H and O–H groups in total. The number of rotatable bonds is 3. The molecule has 0 bridgehead atoms. The Balaban J connectivity index is 2.27. The lowest BCUT2D eigenvalue weighted by Gasteiger charge is -2.08. The maximum Gasteiger partial charge on any atom is 0.325 e. The maximum absolute atomic E-state index is 12.8. The summed E-state index contributed by atoms with van der Waals surface area (Å²) in [4.78, 5) is 10.7. The van der Waals surface area contributed by atoms with Crippen molar-refractivity contribution >= 4 is 5.97 Å². The Morgan fingerprint density at radius 2 is 1.44 bits per heavy atom. The first kappa shape index (κ1) is 12.3. The number of hydrogen-bond acceptors (Lipinski definition) is 2. The minimum absolute atomic E-state index is 0.289. The summed E-state index contributed by atoms with van der Waals surface area (Å²) in [5.41, 5.74) is 7.79. The zero-order chi connectivity index (χ0) is 13.1. The van der Waals surface area contributed by atoms with Crippen molar-refractivity contribution in [3.63, 3.8) is 0 Å². The second-order valence-electron chi connectivity index (χ2n) is 3.94. The van der Waals surface area contributed by atoms with Crippen LogP contribution in [0.1, 0.15) is 11.6 Å². The summed E-state index contributed by atoms with van der Waals surface area (Å²) in [7, 11) is 0. The van der Waals surface area contributed by atoms with Crippen LogP contribution in [-0.4, -0.2) is 11.1 Å². The summed E-state index contributed by atoms with van der Waals surface area (Å²) < 4.78 is 12.8. The molecule has 3 nitrogen and oxygen atoms in total. The quantitative estimate of drug-likeness (QED) is 0.873. The predicted octanol–water partition coefficient (Wildman–Crippen LogP) is 2.58. The van der Waals surface area contributed by atoms with Gasteiger partial charge in [-0.3, -0.25) is 4.79 Å². The average Bonchev–Trinajstić information content (AvgIpc) is 2.39. The highest BCUT2D eigenvalue weighted by Gasteiger charge is 2.13. The van der Waals surface area contributed by atoms with Crippen molar-refractivity contribution in [2.24, 2.45) is 5.73 Å². The normalized spacial score (nSPS) is 12.1. The number of carboxylic acid groups (broad SMARTS) is 1. The van der Waals surface area contributed by atoms with Gasteiger partial charge in [-0.1, -0.05) is 36.4 Å². The van der Waals surface area contributed by atoms with E-state index in [4.69, 9.17) is 10.8 Å². The molecule has 0 aliphatic carbocycles. The van der Waals surface area contributed by atoms with E-state index in [0.717, 1.165) is 11.1 Å². The third-order valence-corrected chi connectivity index (χ3v) is 2.71. The van der Waals surface area contributed by atoms with Crippen LogP contribution in [0.4, 0.5) is 4.39 Å². The van der Waals surface area contributed by atoms with E-state index in [9.17, 15) is 9.18 Å². The van der Waals surface area contributed by atoms with E-state index in [2.05, 4.69) is 0 Å². The Bertz CT molecular complexity index is 549. The lowest BCUT2D eigenvalue weighted by atomic mass is 10.0. The number of halogens is 1. The first-order valence-corrected chi connectivity index (χ1v) is 5.42. The van der Waals surface area contributed by atoms with E-state index >= 15 is 0 Å². The fraction of sp³-hybridized carbons (Fsp3) is 0.0714.